The fourth-order valence-electron chi connectivity index (χ4n) is 2.48. The molecule has 0 saturated carbocycles. The van der Waals surface area contributed by atoms with Gasteiger partial charge in [0, 0.05) is 29.1 Å². The number of hydrogen-bond donors (Lipinski definition) is 2. The smallest absolute Gasteiger partial charge is 0.406 e. The summed E-state index contributed by atoms with van der Waals surface area (Å²) in [5.74, 6) is -0.197. The second kappa shape index (κ2) is 3.65. The lowest BCUT2D eigenvalue weighted by Gasteiger charge is -2.09. The summed E-state index contributed by atoms with van der Waals surface area (Å²) >= 11 is 0. The fourth-order valence-corrected chi connectivity index (χ4v) is 2.48. The van der Waals surface area contributed by atoms with Crippen molar-refractivity contribution in [3.8, 4) is 5.75 Å². The van der Waals surface area contributed by atoms with Crippen molar-refractivity contribution in [2.24, 2.45) is 5.73 Å². The van der Waals surface area contributed by atoms with Crippen LogP contribution in [0.25, 0.3) is 10.9 Å². The number of H-pyrrole nitrogens is 1. The second-order valence-electron chi connectivity index (χ2n) is 4.51. The van der Waals surface area contributed by atoms with Gasteiger partial charge >= 0.3 is 6.36 Å². The molecule has 1 atom stereocenters. The summed E-state index contributed by atoms with van der Waals surface area (Å²) in [5, 5.41) is 0.764. The van der Waals surface area contributed by atoms with Gasteiger partial charge in [0.2, 0.25) is 0 Å². The largest absolute Gasteiger partial charge is 0.573 e. The van der Waals surface area contributed by atoms with E-state index in [0.717, 1.165) is 28.6 Å². The van der Waals surface area contributed by atoms with Crippen molar-refractivity contribution in [2.75, 3.05) is 0 Å². The normalized spacial score (nSPS) is 19.2. The molecular formula is C12H11F3N2O. The lowest BCUT2D eigenvalue weighted by Crippen LogP contribution is -2.19. The third-order valence-corrected chi connectivity index (χ3v) is 3.13. The molecule has 3 rings (SSSR count). The van der Waals surface area contributed by atoms with Crippen molar-refractivity contribution in [2.45, 2.75) is 25.2 Å². The molecule has 1 aliphatic rings. The SMILES string of the molecule is NC1Cc2[nH]c3ccc(OC(F)(F)F)cc3c2C1. The number of nitrogens with two attached hydrogens (primary N) is 1. The maximum atomic E-state index is 12.2. The highest BCUT2D eigenvalue weighted by Gasteiger charge is 2.31. The van der Waals surface area contributed by atoms with Crippen molar-refractivity contribution < 1.29 is 17.9 Å². The minimum Gasteiger partial charge on any atom is -0.406 e. The standard InChI is InChI=1S/C12H11F3N2O/c13-12(14,15)18-7-1-2-10-9(5-7)8-3-6(16)4-11(8)17-10/h1-2,5-6,17H,3-4,16H2. The predicted molar refractivity (Wildman–Crippen MR) is 60.4 cm³/mol. The van der Waals surface area contributed by atoms with Crippen LogP contribution < -0.4 is 10.5 Å². The van der Waals surface area contributed by atoms with Crippen LogP contribution in [0.2, 0.25) is 0 Å². The Bertz CT molecular complexity index is 603. The van der Waals surface area contributed by atoms with Crippen molar-refractivity contribution >= 4 is 10.9 Å². The minimum absolute atomic E-state index is 0.0443. The molecule has 0 amide bonds. The quantitative estimate of drug-likeness (QED) is 0.823. The second-order valence-corrected chi connectivity index (χ2v) is 4.51. The number of fused-ring (bicyclic) bond motifs is 3. The van der Waals surface area contributed by atoms with Crippen LogP contribution in [0.3, 0.4) is 0 Å². The maximum absolute atomic E-state index is 12.2. The van der Waals surface area contributed by atoms with Crippen molar-refractivity contribution in [1.29, 1.82) is 0 Å². The first kappa shape index (κ1) is 11.4. The highest BCUT2D eigenvalue weighted by molar-refractivity contribution is 5.86. The van der Waals surface area contributed by atoms with Crippen LogP contribution in [0.15, 0.2) is 18.2 Å². The number of halogens is 3. The van der Waals surface area contributed by atoms with Gasteiger partial charge in [-0.1, -0.05) is 0 Å². The van der Waals surface area contributed by atoms with Gasteiger partial charge in [-0.25, -0.2) is 0 Å². The van der Waals surface area contributed by atoms with Crippen LogP contribution in [0.4, 0.5) is 13.2 Å². The topological polar surface area (TPSA) is 51.0 Å². The van der Waals surface area contributed by atoms with Gasteiger partial charge in [0.15, 0.2) is 0 Å². The molecule has 0 bridgehead atoms. The summed E-state index contributed by atoms with van der Waals surface area (Å²) in [4.78, 5) is 3.18. The lowest BCUT2D eigenvalue weighted by atomic mass is 10.1. The molecule has 3 nitrogen and oxygen atoms in total. The molecule has 0 aliphatic heterocycles. The highest BCUT2D eigenvalue weighted by atomic mass is 19.4. The number of aromatic amines is 1. The van der Waals surface area contributed by atoms with Gasteiger partial charge < -0.3 is 15.5 Å². The molecule has 96 valence electrons. The molecule has 2 aromatic rings. The molecule has 18 heavy (non-hydrogen) atoms. The number of benzene rings is 1. The molecule has 0 radical (unpaired) electrons. The van der Waals surface area contributed by atoms with E-state index in [1.165, 1.54) is 12.1 Å². The molecule has 0 saturated heterocycles. The zero-order valence-electron chi connectivity index (χ0n) is 9.34. The minimum atomic E-state index is -4.66. The highest BCUT2D eigenvalue weighted by Crippen LogP contribution is 2.33. The Morgan fingerprint density at radius 3 is 2.78 bits per heavy atom. The number of ether oxygens (including phenoxy) is 1. The molecule has 1 aromatic carbocycles. The Hall–Kier alpha value is -1.69. The first-order chi connectivity index (χ1) is 8.42. The van der Waals surface area contributed by atoms with E-state index in [1.807, 2.05) is 0 Å². The molecule has 3 N–H and O–H groups in total. The van der Waals surface area contributed by atoms with Gasteiger partial charge in [0.25, 0.3) is 0 Å². The Kier molecular flexibility index (Phi) is 2.31. The molecule has 0 fully saturated rings. The summed E-state index contributed by atoms with van der Waals surface area (Å²) in [6.45, 7) is 0. The molecule has 1 heterocycles. The summed E-state index contributed by atoms with van der Waals surface area (Å²) in [6, 6.07) is 4.36. The number of rotatable bonds is 1. The van der Waals surface area contributed by atoms with Crippen LogP contribution >= 0.6 is 0 Å². The molecule has 1 aromatic heterocycles. The van der Waals surface area contributed by atoms with Crippen LogP contribution in [-0.2, 0) is 12.8 Å². The average Bonchev–Trinajstić information content (AvgIpc) is 2.72. The van der Waals surface area contributed by atoms with Gasteiger partial charge in [-0.05, 0) is 30.2 Å². The third kappa shape index (κ3) is 1.92. The predicted octanol–water partition coefficient (Wildman–Crippen LogP) is 2.49. The van der Waals surface area contributed by atoms with Crippen LogP contribution in [0.5, 0.6) is 5.75 Å². The molecule has 1 aliphatic carbocycles. The zero-order chi connectivity index (χ0) is 12.9. The van der Waals surface area contributed by atoms with E-state index in [9.17, 15) is 13.2 Å². The summed E-state index contributed by atoms with van der Waals surface area (Å²) in [6.07, 6.45) is -3.24. The van der Waals surface area contributed by atoms with E-state index in [-0.39, 0.29) is 11.8 Å². The molecular weight excluding hydrogens is 245 g/mol. The van der Waals surface area contributed by atoms with Gasteiger partial charge in [0.1, 0.15) is 5.75 Å². The van der Waals surface area contributed by atoms with Crippen LogP contribution in [0, 0.1) is 0 Å². The van der Waals surface area contributed by atoms with E-state index in [0.29, 0.717) is 6.42 Å². The Balaban J connectivity index is 2.04. The number of nitrogens with one attached hydrogen (secondary N) is 1. The Labute approximate surface area is 101 Å². The summed E-state index contributed by atoms with van der Waals surface area (Å²) in [5.41, 5.74) is 8.67. The van der Waals surface area contributed by atoms with Gasteiger partial charge in [-0.3, -0.25) is 0 Å². The lowest BCUT2D eigenvalue weighted by molar-refractivity contribution is -0.274. The van der Waals surface area contributed by atoms with E-state index in [2.05, 4.69) is 9.72 Å². The fraction of sp³-hybridized carbons (Fsp3) is 0.333. The Morgan fingerprint density at radius 1 is 1.28 bits per heavy atom. The first-order valence-corrected chi connectivity index (χ1v) is 5.57. The molecule has 6 heteroatoms. The van der Waals surface area contributed by atoms with Crippen LogP contribution in [-0.4, -0.2) is 17.4 Å². The Morgan fingerprint density at radius 2 is 2.06 bits per heavy atom. The average molecular weight is 256 g/mol. The van der Waals surface area contributed by atoms with Gasteiger partial charge in [0.05, 0.1) is 0 Å². The maximum Gasteiger partial charge on any atom is 0.573 e. The van der Waals surface area contributed by atoms with Gasteiger partial charge in [-0.2, -0.15) is 0 Å². The van der Waals surface area contributed by atoms with Gasteiger partial charge in [-0.15, -0.1) is 13.2 Å². The summed E-state index contributed by atoms with van der Waals surface area (Å²) < 4.78 is 40.4. The third-order valence-electron chi connectivity index (χ3n) is 3.13. The molecule has 0 spiro atoms. The number of alkyl halides is 3. The van der Waals surface area contributed by atoms with Crippen molar-refractivity contribution in [1.82, 2.24) is 4.98 Å². The summed E-state index contributed by atoms with van der Waals surface area (Å²) in [7, 11) is 0. The first-order valence-electron chi connectivity index (χ1n) is 5.57. The van der Waals surface area contributed by atoms with E-state index >= 15 is 0 Å². The van der Waals surface area contributed by atoms with E-state index in [4.69, 9.17) is 5.73 Å². The van der Waals surface area contributed by atoms with Crippen LogP contribution in [0.1, 0.15) is 11.3 Å². The van der Waals surface area contributed by atoms with E-state index < -0.39 is 6.36 Å². The van der Waals surface area contributed by atoms with Crippen molar-refractivity contribution in [3.05, 3.63) is 29.5 Å². The van der Waals surface area contributed by atoms with Crippen molar-refractivity contribution in [3.63, 3.8) is 0 Å². The number of hydrogen-bond acceptors (Lipinski definition) is 2. The monoisotopic (exact) mass is 256 g/mol. The zero-order valence-corrected chi connectivity index (χ0v) is 9.34. The molecule has 1 unspecified atom stereocenters. The number of aromatic nitrogens is 1. The van der Waals surface area contributed by atoms with E-state index in [1.54, 1.807) is 6.07 Å².